The van der Waals surface area contributed by atoms with Crippen LogP contribution in [0.1, 0.15) is 67.5 Å². The molecule has 10 nitrogen and oxygen atoms in total. The van der Waals surface area contributed by atoms with Crippen LogP contribution in [0.4, 0.5) is 10.5 Å². The zero-order chi connectivity index (χ0) is 29.9. The number of amides is 1. The molecule has 1 aliphatic heterocycles. The summed E-state index contributed by atoms with van der Waals surface area (Å²) in [5.74, 6) is -0.804. The molecule has 0 fully saturated rings. The van der Waals surface area contributed by atoms with E-state index in [1.165, 1.54) is 18.2 Å². The summed E-state index contributed by atoms with van der Waals surface area (Å²) in [4.78, 5) is 38.2. The van der Waals surface area contributed by atoms with E-state index in [1.807, 2.05) is 6.08 Å². The van der Waals surface area contributed by atoms with Gasteiger partial charge in [0.15, 0.2) is 0 Å². The Morgan fingerprint density at radius 2 is 1.80 bits per heavy atom. The standard InChI is InChI=1S/C30H31ClN2O8/c1-5-39-28(35)27-23(17-25(40-27)19-6-9-21(31)10-7-19)26(34)22-16-20(8-11-24(22)33(37)38)18-12-14-32(15-13-18)29(36)41-30(2,3)4/h6-12,16-17,26,34H,5,13-15H2,1-4H3. The molecule has 11 heteroatoms. The molecule has 1 amide bonds. The van der Waals surface area contributed by atoms with Crippen LogP contribution in [-0.4, -0.2) is 52.3 Å². The summed E-state index contributed by atoms with van der Waals surface area (Å²) in [5.41, 5.74) is 1.16. The Bertz CT molecular complexity index is 1490. The zero-order valence-electron chi connectivity index (χ0n) is 23.2. The molecule has 2 aromatic carbocycles. The zero-order valence-corrected chi connectivity index (χ0v) is 23.9. The minimum atomic E-state index is -1.58. The van der Waals surface area contributed by atoms with Crippen molar-refractivity contribution in [2.24, 2.45) is 0 Å². The van der Waals surface area contributed by atoms with Crippen LogP contribution in [0.3, 0.4) is 0 Å². The van der Waals surface area contributed by atoms with Crippen LogP contribution in [-0.2, 0) is 9.47 Å². The van der Waals surface area contributed by atoms with Crippen LogP contribution in [0.5, 0.6) is 0 Å². The smallest absolute Gasteiger partial charge is 0.410 e. The molecule has 1 N–H and O–H groups in total. The highest BCUT2D eigenvalue weighted by atomic mass is 35.5. The lowest BCUT2D eigenvalue weighted by atomic mass is 9.93. The van der Waals surface area contributed by atoms with Gasteiger partial charge in [-0.25, -0.2) is 9.59 Å². The molecular formula is C30H31ClN2O8. The van der Waals surface area contributed by atoms with Gasteiger partial charge < -0.3 is 23.9 Å². The predicted molar refractivity (Wildman–Crippen MR) is 153 cm³/mol. The Hall–Kier alpha value is -4.15. The molecule has 0 spiro atoms. The van der Waals surface area contributed by atoms with Gasteiger partial charge in [0.25, 0.3) is 5.69 Å². The molecule has 1 aliphatic rings. The average molecular weight is 583 g/mol. The quantitative estimate of drug-likeness (QED) is 0.183. The highest BCUT2D eigenvalue weighted by molar-refractivity contribution is 6.30. The number of hydrogen-bond donors (Lipinski definition) is 1. The predicted octanol–water partition coefficient (Wildman–Crippen LogP) is 6.79. The Kier molecular flexibility index (Phi) is 8.84. The molecular weight excluding hydrogens is 552 g/mol. The van der Waals surface area contributed by atoms with Crippen LogP contribution in [0.15, 0.2) is 59.0 Å². The first kappa shape index (κ1) is 29.8. The second kappa shape index (κ2) is 12.2. The van der Waals surface area contributed by atoms with E-state index in [4.69, 9.17) is 25.5 Å². The second-order valence-electron chi connectivity index (χ2n) is 10.5. The Labute approximate surface area is 242 Å². The maximum Gasteiger partial charge on any atom is 0.410 e. The fourth-order valence-corrected chi connectivity index (χ4v) is 4.58. The SMILES string of the molecule is CCOC(=O)c1oc(-c2ccc(Cl)cc2)cc1C(O)c1cc(C2=CCN(C(=O)OC(C)(C)C)CC2)ccc1[N+](=O)[O-]. The molecule has 1 atom stereocenters. The van der Waals surface area contributed by atoms with Gasteiger partial charge in [-0.15, -0.1) is 0 Å². The van der Waals surface area contributed by atoms with E-state index in [-0.39, 0.29) is 34.9 Å². The Balaban J connectivity index is 1.71. The molecule has 41 heavy (non-hydrogen) atoms. The minimum absolute atomic E-state index is 0.0167. The number of carbonyl (C=O) groups is 2. The fourth-order valence-electron chi connectivity index (χ4n) is 4.45. The third-order valence-corrected chi connectivity index (χ3v) is 6.65. The third kappa shape index (κ3) is 6.96. The number of benzene rings is 2. The number of aliphatic hydroxyl groups excluding tert-OH is 1. The number of hydrogen-bond acceptors (Lipinski definition) is 8. The molecule has 0 bridgehead atoms. The van der Waals surface area contributed by atoms with E-state index in [0.717, 1.165) is 5.57 Å². The highest BCUT2D eigenvalue weighted by Gasteiger charge is 2.31. The molecule has 0 radical (unpaired) electrons. The molecule has 1 aromatic heterocycles. The van der Waals surface area contributed by atoms with Gasteiger partial charge in [-0.2, -0.15) is 0 Å². The van der Waals surface area contributed by atoms with Gasteiger partial charge >= 0.3 is 12.1 Å². The molecule has 0 aliphatic carbocycles. The van der Waals surface area contributed by atoms with Crippen LogP contribution >= 0.6 is 11.6 Å². The van der Waals surface area contributed by atoms with Gasteiger partial charge in [-0.1, -0.05) is 17.7 Å². The first-order valence-corrected chi connectivity index (χ1v) is 13.5. The van der Waals surface area contributed by atoms with Crippen molar-refractivity contribution >= 4 is 34.9 Å². The third-order valence-electron chi connectivity index (χ3n) is 6.40. The number of ether oxygens (including phenoxy) is 2. The van der Waals surface area contributed by atoms with Gasteiger partial charge in [-0.3, -0.25) is 10.1 Å². The molecule has 3 aromatic rings. The normalized spacial score (nSPS) is 14.3. The van der Waals surface area contributed by atoms with Gasteiger partial charge in [0.2, 0.25) is 5.76 Å². The Morgan fingerprint density at radius 3 is 2.39 bits per heavy atom. The fraction of sp³-hybridized carbons (Fsp3) is 0.333. The maximum atomic E-state index is 12.8. The van der Waals surface area contributed by atoms with Crippen molar-refractivity contribution in [3.63, 3.8) is 0 Å². The van der Waals surface area contributed by atoms with Crippen molar-refractivity contribution in [1.82, 2.24) is 4.90 Å². The van der Waals surface area contributed by atoms with Crippen LogP contribution < -0.4 is 0 Å². The number of nitrogens with zero attached hydrogens (tertiary/aromatic N) is 2. The lowest BCUT2D eigenvalue weighted by Crippen LogP contribution is -2.39. The Morgan fingerprint density at radius 1 is 1.12 bits per heavy atom. The van der Waals surface area contributed by atoms with Gasteiger partial charge in [0.1, 0.15) is 17.5 Å². The van der Waals surface area contributed by atoms with Crippen molar-refractivity contribution in [3.8, 4) is 11.3 Å². The van der Waals surface area contributed by atoms with Gasteiger partial charge in [-0.05, 0) is 87.7 Å². The van der Waals surface area contributed by atoms with E-state index in [9.17, 15) is 24.8 Å². The number of esters is 1. The highest BCUT2D eigenvalue weighted by Crippen LogP contribution is 2.38. The second-order valence-corrected chi connectivity index (χ2v) is 10.9. The number of halogens is 1. The topological polar surface area (TPSA) is 132 Å². The van der Waals surface area contributed by atoms with Gasteiger partial charge in [0, 0.05) is 35.3 Å². The molecule has 216 valence electrons. The summed E-state index contributed by atoms with van der Waals surface area (Å²) in [6.07, 6.45) is 0.329. The molecule has 0 saturated carbocycles. The van der Waals surface area contributed by atoms with E-state index >= 15 is 0 Å². The summed E-state index contributed by atoms with van der Waals surface area (Å²) in [6, 6.07) is 12.6. The number of nitro groups is 1. The van der Waals surface area contributed by atoms with Crippen molar-refractivity contribution < 1.29 is 33.5 Å². The molecule has 2 heterocycles. The first-order chi connectivity index (χ1) is 19.4. The number of furan rings is 1. The summed E-state index contributed by atoms with van der Waals surface area (Å²) in [6.45, 7) is 7.79. The number of nitro benzene ring substituents is 1. The molecule has 4 rings (SSSR count). The van der Waals surface area contributed by atoms with E-state index in [0.29, 0.717) is 35.7 Å². The van der Waals surface area contributed by atoms with Crippen molar-refractivity contribution in [3.05, 3.63) is 92.2 Å². The summed E-state index contributed by atoms with van der Waals surface area (Å²) in [7, 11) is 0. The number of rotatable bonds is 7. The van der Waals surface area contributed by atoms with Crippen LogP contribution in [0.2, 0.25) is 5.02 Å². The average Bonchev–Trinajstić information content (AvgIpc) is 3.37. The van der Waals surface area contributed by atoms with Crippen LogP contribution in [0.25, 0.3) is 16.9 Å². The van der Waals surface area contributed by atoms with Gasteiger partial charge in [0.05, 0.1) is 17.1 Å². The van der Waals surface area contributed by atoms with E-state index in [1.54, 1.807) is 62.9 Å². The van der Waals surface area contributed by atoms with Crippen molar-refractivity contribution in [2.45, 2.75) is 45.8 Å². The minimum Gasteiger partial charge on any atom is -0.460 e. The molecule has 1 unspecified atom stereocenters. The lowest BCUT2D eigenvalue weighted by Gasteiger charge is -2.29. The molecule has 0 saturated heterocycles. The number of carbonyl (C=O) groups excluding carboxylic acids is 2. The largest absolute Gasteiger partial charge is 0.460 e. The van der Waals surface area contributed by atoms with E-state index in [2.05, 4.69) is 0 Å². The van der Waals surface area contributed by atoms with Crippen LogP contribution in [0, 0.1) is 10.1 Å². The van der Waals surface area contributed by atoms with Crippen molar-refractivity contribution in [1.29, 1.82) is 0 Å². The first-order valence-electron chi connectivity index (χ1n) is 13.1. The summed E-state index contributed by atoms with van der Waals surface area (Å²) < 4.78 is 16.4. The monoisotopic (exact) mass is 582 g/mol. The lowest BCUT2D eigenvalue weighted by molar-refractivity contribution is -0.386. The summed E-state index contributed by atoms with van der Waals surface area (Å²) in [5, 5.41) is 23.9. The van der Waals surface area contributed by atoms with E-state index < -0.39 is 28.7 Å². The maximum absolute atomic E-state index is 12.8. The summed E-state index contributed by atoms with van der Waals surface area (Å²) >= 11 is 5.99. The number of aliphatic hydroxyl groups is 1. The van der Waals surface area contributed by atoms with Crippen molar-refractivity contribution in [2.75, 3.05) is 19.7 Å².